The summed E-state index contributed by atoms with van der Waals surface area (Å²) in [6, 6.07) is 6.95. The fourth-order valence-corrected chi connectivity index (χ4v) is 5.09. The highest BCUT2D eigenvalue weighted by Crippen LogP contribution is 2.56. The molecule has 2 saturated carbocycles. The standard InChI is InChI=1S/C17H20N2O3/c1-20-11-3-4-14-13(7-11)18-17(22-14)19-8-10-5-9-6-12(10)15(19)16(9)21-2/h3-4,7,9-10,12,15-16H,5-6,8H2,1-2H3. The number of benzene rings is 1. The molecule has 1 saturated heterocycles. The third kappa shape index (κ3) is 1.55. The molecule has 116 valence electrons. The van der Waals surface area contributed by atoms with Gasteiger partial charge in [-0.25, -0.2) is 0 Å². The average molecular weight is 300 g/mol. The molecule has 5 atom stereocenters. The van der Waals surface area contributed by atoms with Crippen molar-refractivity contribution < 1.29 is 13.9 Å². The zero-order valence-corrected chi connectivity index (χ0v) is 12.9. The molecule has 5 heteroatoms. The predicted molar refractivity (Wildman–Crippen MR) is 82.2 cm³/mol. The van der Waals surface area contributed by atoms with E-state index in [9.17, 15) is 0 Å². The zero-order chi connectivity index (χ0) is 14.8. The van der Waals surface area contributed by atoms with Gasteiger partial charge in [-0.2, -0.15) is 4.98 Å². The van der Waals surface area contributed by atoms with Gasteiger partial charge in [0.1, 0.15) is 11.3 Å². The van der Waals surface area contributed by atoms with Crippen LogP contribution in [0.5, 0.6) is 5.75 Å². The van der Waals surface area contributed by atoms with Gasteiger partial charge in [-0.1, -0.05) is 0 Å². The van der Waals surface area contributed by atoms with Crippen molar-refractivity contribution in [1.82, 2.24) is 4.98 Å². The lowest BCUT2D eigenvalue weighted by molar-refractivity contribution is 0.0441. The van der Waals surface area contributed by atoms with E-state index >= 15 is 0 Å². The number of hydrogen-bond acceptors (Lipinski definition) is 5. The Morgan fingerprint density at radius 1 is 1.23 bits per heavy atom. The van der Waals surface area contributed by atoms with Crippen molar-refractivity contribution >= 4 is 17.1 Å². The highest BCUT2D eigenvalue weighted by atomic mass is 16.5. The van der Waals surface area contributed by atoms with Crippen molar-refractivity contribution in [2.75, 3.05) is 25.7 Å². The lowest BCUT2D eigenvalue weighted by Crippen LogP contribution is -2.42. The fourth-order valence-electron chi connectivity index (χ4n) is 5.09. The first-order valence-corrected chi connectivity index (χ1v) is 8.02. The van der Waals surface area contributed by atoms with Crippen molar-refractivity contribution in [2.45, 2.75) is 25.0 Å². The van der Waals surface area contributed by atoms with Crippen molar-refractivity contribution in [1.29, 1.82) is 0 Å². The molecule has 1 aromatic carbocycles. The Morgan fingerprint density at radius 2 is 2.14 bits per heavy atom. The molecule has 0 amide bonds. The second kappa shape index (κ2) is 4.38. The van der Waals surface area contributed by atoms with Gasteiger partial charge in [0.15, 0.2) is 5.58 Å². The van der Waals surface area contributed by atoms with E-state index in [1.54, 1.807) is 7.11 Å². The lowest BCUT2D eigenvalue weighted by atomic mass is 9.88. The Labute approximate surface area is 129 Å². The van der Waals surface area contributed by atoms with Gasteiger partial charge in [0.2, 0.25) is 0 Å². The van der Waals surface area contributed by atoms with Gasteiger partial charge in [-0.05, 0) is 42.7 Å². The van der Waals surface area contributed by atoms with E-state index in [2.05, 4.69) is 4.90 Å². The smallest absolute Gasteiger partial charge is 0.298 e. The summed E-state index contributed by atoms with van der Waals surface area (Å²) in [4.78, 5) is 7.06. The Morgan fingerprint density at radius 3 is 2.95 bits per heavy atom. The van der Waals surface area contributed by atoms with Crippen LogP contribution >= 0.6 is 0 Å². The topological polar surface area (TPSA) is 47.7 Å². The van der Waals surface area contributed by atoms with E-state index in [4.69, 9.17) is 18.9 Å². The summed E-state index contributed by atoms with van der Waals surface area (Å²) in [7, 11) is 3.51. The van der Waals surface area contributed by atoms with Crippen LogP contribution < -0.4 is 9.64 Å². The Balaban J connectivity index is 1.54. The summed E-state index contributed by atoms with van der Waals surface area (Å²) in [5.41, 5.74) is 1.68. The highest BCUT2D eigenvalue weighted by Gasteiger charge is 2.60. The second-order valence-corrected chi connectivity index (χ2v) is 6.83. The molecule has 5 nitrogen and oxygen atoms in total. The largest absolute Gasteiger partial charge is 0.497 e. The van der Waals surface area contributed by atoms with Crippen molar-refractivity contribution in [3.05, 3.63) is 18.2 Å². The monoisotopic (exact) mass is 300 g/mol. The van der Waals surface area contributed by atoms with Gasteiger partial charge in [-0.15, -0.1) is 0 Å². The normalized spacial score (nSPS) is 35.7. The van der Waals surface area contributed by atoms with Gasteiger partial charge in [0, 0.05) is 19.7 Å². The first-order valence-electron chi connectivity index (χ1n) is 8.02. The second-order valence-electron chi connectivity index (χ2n) is 6.83. The maximum atomic E-state index is 6.02. The quantitative estimate of drug-likeness (QED) is 0.872. The molecule has 5 unspecified atom stereocenters. The van der Waals surface area contributed by atoms with Gasteiger partial charge >= 0.3 is 0 Å². The highest BCUT2D eigenvalue weighted by molar-refractivity contribution is 5.76. The van der Waals surface area contributed by atoms with Gasteiger partial charge in [0.25, 0.3) is 6.01 Å². The van der Waals surface area contributed by atoms with E-state index in [-0.39, 0.29) is 0 Å². The number of rotatable bonds is 3. The third-order valence-electron chi connectivity index (χ3n) is 5.92. The summed E-state index contributed by atoms with van der Waals surface area (Å²) in [5.74, 6) is 3.06. The van der Waals surface area contributed by atoms with E-state index < -0.39 is 0 Å². The molecule has 2 heterocycles. The number of ether oxygens (including phenoxy) is 2. The lowest BCUT2D eigenvalue weighted by Gasteiger charge is -2.30. The number of fused-ring (bicyclic) bond motifs is 2. The van der Waals surface area contributed by atoms with E-state index in [0.29, 0.717) is 12.1 Å². The molecule has 3 fully saturated rings. The number of methoxy groups -OCH3 is 2. The van der Waals surface area contributed by atoms with E-state index in [0.717, 1.165) is 47.2 Å². The number of oxazole rings is 1. The Hall–Kier alpha value is -1.75. The van der Waals surface area contributed by atoms with E-state index in [1.165, 1.54) is 12.8 Å². The summed E-state index contributed by atoms with van der Waals surface area (Å²) >= 11 is 0. The van der Waals surface area contributed by atoms with Gasteiger partial charge in [-0.3, -0.25) is 0 Å². The fraction of sp³-hybridized carbons (Fsp3) is 0.588. The molecule has 2 bridgehead atoms. The molecule has 5 rings (SSSR count). The zero-order valence-electron chi connectivity index (χ0n) is 12.9. The number of anilines is 1. The molecule has 2 aliphatic carbocycles. The van der Waals surface area contributed by atoms with Crippen LogP contribution in [0.4, 0.5) is 6.01 Å². The van der Waals surface area contributed by atoms with Crippen molar-refractivity contribution in [3.63, 3.8) is 0 Å². The molecule has 22 heavy (non-hydrogen) atoms. The SMILES string of the molecule is COc1ccc2oc(N3CC4CC5CC4C3C5OC)nc2c1. The van der Waals surface area contributed by atoms with Crippen molar-refractivity contribution in [3.8, 4) is 5.75 Å². The minimum Gasteiger partial charge on any atom is -0.497 e. The minimum absolute atomic E-state index is 0.327. The molecule has 1 aliphatic heterocycles. The van der Waals surface area contributed by atoms with E-state index in [1.807, 2.05) is 25.3 Å². The van der Waals surface area contributed by atoms with Gasteiger partial charge in [0.05, 0.1) is 19.3 Å². The van der Waals surface area contributed by atoms with Crippen LogP contribution in [0.2, 0.25) is 0 Å². The summed E-state index contributed by atoms with van der Waals surface area (Å²) in [6.45, 7) is 1.05. The molecule has 0 N–H and O–H groups in total. The Bertz CT molecular complexity index is 726. The molecule has 0 spiro atoms. The maximum Gasteiger partial charge on any atom is 0.298 e. The average Bonchev–Trinajstić information content (AvgIpc) is 3.24. The summed E-state index contributed by atoms with van der Waals surface area (Å²) in [5, 5.41) is 0. The molecular formula is C17H20N2O3. The number of nitrogens with zero attached hydrogens (tertiary/aromatic N) is 2. The first-order chi connectivity index (χ1) is 10.8. The summed E-state index contributed by atoms with van der Waals surface area (Å²) in [6.07, 6.45) is 2.93. The van der Waals surface area contributed by atoms with Crippen LogP contribution in [0.3, 0.4) is 0 Å². The molecular weight excluding hydrogens is 280 g/mol. The molecule has 0 radical (unpaired) electrons. The van der Waals surface area contributed by atoms with Gasteiger partial charge < -0.3 is 18.8 Å². The van der Waals surface area contributed by atoms with Crippen LogP contribution in [-0.4, -0.2) is 37.9 Å². The molecule has 3 aliphatic rings. The third-order valence-corrected chi connectivity index (χ3v) is 5.92. The minimum atomic E-state index is 0.327. The Kier molecular flexibility index (Phi) is 2.54. The summed E-state index contributed by atoms with van der Waals surface area (Å²) < 4.78 is 17.1. The molecule has 2 aromatic rings. The van der Waals surface area contributed by atoms with Crippen molar-refractivity contribution in [2.24, 2.45) is 17.8 Å². The van der Waals surface area contributed by atoms with Crippen LogP contribution in [0, 0.1) is 17.8 Å². The predicted octanol–water partition coefficient (Wildman–Crippen LogP) is 2.70. The van der Waals surface area contributed by atoms with Crippen LogP contribution in [-0.2, 0) is 4.74 Å². The van der Waals surface area contributed by atoms with Crippen LogP contribution in [0.25, 0.3) is 11.1 Å². The number of hydrogen-bond donors (Lipinski definition) is 0. The maximum absolute atomic E-state index is 6.02. The van der Waals surface area contributed by atoms with Crippen LogP contribution in [0.15, 0.2) is 22.6 Å². The molecule has 1 aromatic heterocycles. The number of aromatic nitrogens is 1. The van der Waals surface area contributed by atoms with Crippen LogP contribution in [0.1, 0.15) is 12.8 Å². The first kappa shape index (κ1) is 12.8.